The van der Waals surface area contributed by atoms with E-state index in [1.807, 2.05) is 29.6 Å². The van der Waals surface area contributed by atoms with Crippen LogP contribution >= 0.6 is 11.3 Å². The molecule has 4 aromatic rings. The van der Waals surface area contributed by atoms with E-state index in [1.54, 1.807) is 47.8 Å². The Bertz CT molecular complexity index is 1740. The molecule has 0 atom stereocenters. The van der Waals surface area contributed by atoms with Crippen molar-refractivity contribution in [1.82, 2.24) is 10.3 Å². The third-order valence-electron chi connectivity index (χ3n) is 7.30. The predicted octanol–water partition coefficient (Wildman–Crippen LogP) is 7.19. The lowest BCUT2D eigenvalue weighted by Gasteiger charge is -2.37. The van der Waals surface area contributed by atoms with Gasteiger partial charge in [-0.15, -0.1) is 11.3 Å². The van der Waals surface area contributed by atoms with E-state index in [2.05, 4.69) is 50.6 Å². The van der Waals surface area contributed by atoms with Crippen molar-refractivity contribution < 1.29 is 23.9 Å². The van der Waals surface area contributed by atoms with Crippen LogP contribution in [0.15, 0.2) is 72.1 Å². The highest BCUT2D eigenvalue weighted by Crippen LogP contribution is 2.41. The van der Waals surface area contributed by atoms with Crippen molar-refractivity contribution in [3.63, 3.8) is 0 Å². The highest BCUT2D eigenvalue weighted by molar-refractivity contribution is 7.12. The summed E-state index contributed by atoms with van der Waals surface area (Å²) in [4.78, 5) is 41.4. The number of hydrogen-bond donors (Lipinski definition) is 4. The van der Waals surface area contributed by atoms with Crippen LogP contribution in [0, 0.1) is 11.3 Å². The summed E-state index contributed by atoms with van der Waals surface area (Å²) in [5.41, 5.74) is 2.75. The third-order valence-corrected chi connectivity index (χ3v) is 12.5. The number of nitrogens with one attached hydrogen (secondary N) is 3. The molecule has 2 aromatic carbocycles. The standard InChI is InChI=1S/C32H33N5O5SSi/c1-32(2,3)44(4,5)42-26-13-7-6-12-22(26)25-17-23(20-10-8-11-21(16-20)35-28(38)19-34-31(40)41)24(18-33)29(36-25)37-30(39)27-14-9-15-43-27/h6-17,34H,19H2,1-5H3,(H,35,38)(H,40,41)(H,36,37,39). The average Bonchev–Trinajstić information content (AvgIpc) is 3.51. The molecule has 44 heavy (non-hydrogen) atoms. The summed E-state index contributed by atoms with van der Waals surface area (Å²) in [6.07, 6.45) is -1.31. The van der Waals surface area contributed by atoms with Gasteiger partial charge in [-0.3, -0.25) is 9.59 Å². The molecule has 0 aliphatic heterocycles. The van der Waals surface area contributed by atoms with Gasteiger partial charge in [0.05, 0.1) is 10.6 Å². The van der Waals surface area contributed by atoms with Crippen LogP contribution in [0.1, 0.15) is 36.0 Å². The number of carbonyl (C=O) groups excluding carboxylic acids is 2. The second kappa shape index (κ2) is 13.1. The number of carboxylic acid groups (broad SMARTS) is 1. The molecule has 4 rings (SSSR count). The van der Waals surface area contributed by atoms with Crippen molar-refractivity contribution in [1.29, 1.82) is 5.26 Å². The Morgan fingerprint density at radius 3 is 2.41 bits per heavy atom. The maximum atomic E-state index is 13.1. The second-order valence-corrected chi connectivity index (χ2v) is 17.1. The highest BCUT2D eigenvalue weighted by atomic mass is 32.1. The molecule has 0 unspecified atom stereocenters. The summed E-state index contributed by atoms with van der Waals surface area (Å²) in [6.45, 7) is 10.3. The van der Waals surface area contributed by atoms with Gasteiger partial charge in [0.1, 0.15) is 23.9 Å². The molecule has 0 saturated heterocycles. The molecule has 0 fully saturated rings. The van der Waals surface area contributed by atoms with Crippen LogP contribution in [0.4, 0.5) is 16.3 Å². The number of pyridine rings is 1. The fourth-order valence-corrected chi connectivity index (χ4v) is 5.66. The van der Waals surface area contributed by atoms with Gasteiger partial charge >= 0.3 is 6.09 Å². The smallest absolute Gasteiger partial charge is 0.405 e. The SMILES string of the molecule is CC(C)(C)[Si](C)(C)Oc1ccccc1-c1cc(-c2cccc(NC(=O)CNC(=O)O)c2)c(C#N)c(NC(=O)c2cccs2)n1. The van der Waals surface area contributed by atoms with Crippen LogP contribution in [0.5, 0.6) is 5.75 Å². The molecule has 3 amide bonds. The fraction of sp³-hybridized carbons (Fsp3) is 0.219. The Morgan fingerprint density at radius 2 is 1.75 bits per heavy atom. The van der Waals surface area contributed by atoms with E-state index in [0.717, 1.165) is 0 Å². The summed E-state index contributed by atoms with van der Waals surface area (Å²) in [7, 11) is -2.25. The van der Waals surface area contributed by atoms with Crippen molar-refractivity contribution in [2.75, 3.05) is 17.2 Å². The summed E-state index contributed by atoms with van der Waals surface area (Å²) < 4.78 is 6.69. The number of hydrogen-bond acceptors (Lipinski definition) is 7. The van der Waals surface area contributed by atoms with E-state index in [-0.39, 0.29) is 16.4 Å². The number of benzene rings is 2. The molecule has 10 nitrogen and oxygen atoms in total. The van der Waals surface area contributed by atoms with Gasteiger partial charge in [-0.1, -0.05) is 51.1 Å². The van der Waals surface area contributed by atoms with Crippen molar-refractivity contribution >= 4 is 49.1 Å². The van der Waals surface area contributed by atoms with Gasteiger partial charge in [-0.25, -0.2) is 9.78 Å². The first-order valence-electron chi connectivity index (χ1n) is 13.7. The number of aromatic nitrogens is 1. The lowest BCUT2D eigenvalue weighted by molar-refractivity contribution is -0.115. The quantitative estimate of drug-likeness (QED) is 0.143. The minimum atomic E-state index is -2.25. The third kappa shape index (κ3) is 7.50. The Balaban J connectivity index is 1.85. The van der Waals surface area contributed by atoms with Gasteiger partial charge in [0, 0.05) is 16.8 Å². The number of para-hydroxylation sites is 1. The summed E-state index contributed by atoms with van der Waals surface area (Å²) in [5.74, 6) is -0.226. The van der Waals surface area contributed by atoms with Crippen LogP contribution in [-0.4, -0.2) is 42.9 Å². The van der Waals surface area contributed by atoms with Gasteiger partial charge in [-0.05, 0) is 65.5 Å². The van der Waals surface area contributed by atoms with E-state index in [0.29, 0.717) is 38.7 Å². The molecule has 2 heterocycles. The summed E-state index contributed by atoms with van der Waals surface area (Å²) in [6, 6.07) is 21.7. The molecule has 0 aliphatic rings. The van der Waals surface area contributed by atoms with Gasteiger partial charge in [-0.2, -0.15) is 5.26 Å². The molecular weight excluding hydrogens is 595 g/mol. The number of thiophene rings is 1. The maximum Gasteiger partial charge on any atom is 0.405 e. The maximum absolute atomic E-state index is 13.1. The Labute approximate surface area is 260 Å². The monoisotopic (exact) mass is 627 g/mol. The molecule has 2 aromatic heterocycles. The zero-order valence-electron chi connectivity index (χ0n) is 25.0. The first kappa shape index (κ1) is 31.9. The van der Waals surface area contributed by atoms with Crippen LogP contribution in [0.2, 0.25) is 18.1 Å². The molecular formula is C32H33N5O5SSi. The molecule has 0 spiro atoms. The number of carbonyl (C=O) groups is 3. The largest absolute Gasteiger partial charge is 0.543 e. The first-order chi connectivity index (χ1) is 20.8. The summed E-state index contributed by atoms with van der Waals surface area (Å²) >= 11 is 1.27. The molecule has 4 N–H and O–H groups in total. The van der Waals surface area contributed by atoms with E-state index >= 15 is 0 Å². The molecule has 0 bridgehead atoms. The minimum Gasteiger partial charge on any atom is -0.543 e. The van der Waals surface area contributed by atoms with Crippen LogP contribution in [0.25, 0.3) is 22.4 Å². The van der Waals surface area contributed by atoms with Crippen LogP contribution < -0.4 is 20.4 Å². The number of amides is 3. The second-order valence-electron chi connectivity index (χ2n) is 11.5. The lowest BCUT2D eigenvalue weighted by atomic mass is 9.97. The first-order valence-corrected chi connectivity index (χ1v) is 17.5. The fourth-order valence-electron chi connectivity index (χ4n) is 4.01. The Kier molecular flexibility index (Phi) is 9.52. The van der Waals surface area contributed by atoms with Crippen LogP contribution in [0.3, 0.4) is 0 Å². The number of rotatable bonds is 9. The molecule has 0 radical (unpaired) electrons. The highest BCUT2D eigenvalue weighted by Gasteiger charge is 2.39. The molecule has 0 aliphatic carbocycles. The Hall–Kier alpha value is -4.99. The van der Waals surface area contributed by atoms with Crippen molar-refractivity contribution in [2.45, 2.75) is 38.9 Å². The number of nitrogens with zero attached hydrogens (tertiary/aromatic N) is 2. The van der Waals surface area contributed by atoms with E-state index in [1.165, 1.54) is 11.3 Å². The Morgan fingerprint density at radius 1 is 1.00 bits per heavy atom. The summed E-state index contributed by atoms with van der Waals surface area (Å²) in [5, 5.41) is 28.3. The van der Waals surface area contributed by atoms with Gasteiger partial charge in [0.15, 0.2) is 5.82 Å². The topological polar surface area (TPSA) is 153 Å². The predicted molar refractivity (Wildman–Crippen MR) is 175 cm³/mol. The van der Waals surface area contributed by atoms with Crippen molar-refractivity contribution in [2.24, 2.45) is 0 Å². The molecule has 0 saturated carbocycles. The van der Waals surface area contributed by atoms with E-state index in [9.17, 15) is 19.6 Å². The zero-order valence-corrected chi connectivity index (χ0v) is 26.8. The number of anilines is 2. The molecule has 226 valence electrons. The zero-order chi connectivity index (χ0) is 32.1. The number of nitriles is 1. The van der Waals surface area contributed by atoms with E-state index < -0.39 is 32.8 Å². The lowest BCUT2D eigenvalue weighted by Crippen LogP contribution is -2.44. The molecule has 12 heteroatoms. The van der Waals surface area contributed by atoms with Gasteiger partial charge in [0.25, 0.3) is 14.2 Å². The van der Waals surface area contributed by atoms with Gasteiger partial charge < -0.3 is 25.5 Å². The van der Waals surface area contributed by atoms with Crippen molar-refractivity contribution in [3.8, 4) is 34.2 Å². The van der Waals surface area contributed by atoms with Crippen molar-refractivity contribution in [3.05, 3.63) is 82.6 Å². The van der Waals surface area contributed by atoms with Gasteiger partial charge in [0.2, 0.25) is 5.91 Å². The van der Waals surface area contributed by atoms with Crippen LogP contribution in [-0.2, 0) is 4.79 Å². The average molecular weight is 628 g/mol. The normalized spacial score (nSPS) is 11.3. The minimum absolute atomic E-state index is 0.0614. The van der Waals surface area contributed by atoms with E-state index in [4.69, 9.17) is 14.5 Å².